The molecule has 3 aliphatic heterocycles. The van der Waals surface area contributed by atoms with Crippen molar-refractivity contribution in [3.63, 3.8) is 0 Å². The zero-order valence-electron chi connectivity index (χ0n) is 14.7. The fourth-order valence-corrected chi connectivity index (χ4v) is 4.02. The second-order valence-corrected chi connectivity index (χ2v) is 7.15. The Kier molecular flexibility index (Phi) is 4.56. The molecule has 0 aromatic heterocycles. The number of amides is 1. The maximum Gasteiger partial charge on any atom is 0.231 e. The average Bonchev–Trinajstić information content (AvgIpc) is 3.09. The van der Waals surface area contributed by atoms with Crippen molar-refractivity contribution in [3.8, 4) is 11.5 Å². The van der Waals surface area contributed by atoms with Gasteiger partial charge in [0, 0.05) is 45.6 Å². The van der Waals surface area contributed by atoms with Crippen LogP contribution < -0.4 is 9.47 Å². The predicted octanol–water partition coefficient (Wildman–Crippen LogP) is 2.14. The topological polar surface area (TPSA) is 57.2 Å². The highest BCUT2D eigenvalue weighted by Gasteiger charge is 2.42. The van der Waals surface area contributed by atoms with Crippen LogP contribution in [-0.4, -0.2) is 55.6 Å². The van der Waals surface area contributed by atoms with E-state index in [1.54, 1.807) is 0 Å². The summed E-state index contributed by atoms with van der Waals surface area (Å²) in [6.07, 6.45) is 2.91. The fourth-order valence-electron chi connectivity index (χ4n) is 4.02. The highest BCUT2D eigenvalue weighted by Crippen LogP contribution is 2.36. The van der Waals surface area contributed by atoms with Crippen molar-refractivity contribution in [2.75, 3.05) is 33.1 Å². The van der Waals surface area contributed by atoms with Gasteiger partial charge in [0.1, 0.15) is 0 Å². The van der Waals surface area contributed by atoms with Gasteiger partial charge < -0.3 is 23.8 Å². The number of carbonyl (C=O) groups is 1. The Morgan fingerprint density at radius 1 is 1.28 bits per heavy atom. The van der Waals surface area contributed by atoms with E-state index in [-0.39, 0.29) is 24.4 Å². The van der Waals surface area contributed by atoms with E-state index in [0.29, 0.717) is 39.1 Å². The number of aryl methyl sites for hydroxylation is 1. The normalized spacial score (nSPS) is 24.5. The van der Waals surface area contributed by atoms with Crippen LogP contribution in [0, 0.1) is 0 Å². The SMILES string of the molecule is CC1CN(C(=O)CCc2cccc3c2OCO3)CC2(CCOCC2)O1. The number of hydrogen-bond acceptors (Lipinski definition) is 5. The van der Waals surface area contributed by atoms with Gasteiger partial charge in [0.25, 0.3) is 0 Å². The molecule has 6 nitrogen and oxygen atoms in total. The molecule has 0 saturated carbocycles. The Morgan fingerprint density at radius 2 is 2.12 bits per heavy atom. The minimum absolute atomic E-state index is 0.0634. The molecular formula is C19H25NO5. The Morgan fingerprint density at radius 3 is 2.96 bits per heavy atom. The highest BCUT2D eigenvalue weighted by molar-refractivity contribution is 5.77. The van der Waals surface area contributed by atoms with Crippen molar-refractivity contribution in [2.24, 2.45) is 0 Å². The van der Waals surface area contributed by atoms with Crippen LogP contribution in [0.3, 0.4) is 0 Å². The first-order valence-corrected chi connectivity index (χ1v) is 9.06. The van der Waals surface area contributed by atoms with Crippen LogP contribution in [0.15, 0.2) is 18.2 Å². The van der Waals surface area contributed by atoms with Gasteiger partial charge in [-0.2, -0.15) is 0 Å². The Balaban J connectivity index is 1.40. The molecule has 1 unspecified atom stereocenters. The van der Waals surface area contributed by atoms with Crippen molar-refractivity contribution in [1.29, 1.82) is 0 Å². The van der Waals surface area contributed by atoms with Crippen molar-refractivity contribution in [1.82, 2.24) is 4.90 Å². The summed E-state index contributed by atoms with van der Waals surface area (Å²) in [5, 5.41) is 0. The summed E-state index contributed by atoms with van der Waals surface area (Å²) < 4.78 is 22.6. The Hall–Kier alpha value is -1.79. The van der Waals surface area contributed by atoms with E-state index in [1.165, 1.54) is 0 Å². The van der Waals surface area contributed by atoms with Crippen LogP contribution in [0.4, 0.5) is 0 Å². The Labute approximate surface area is 148 Å². The summed E-state index contributed by atoms with van der Waals surface area (Å²) in [6, 6.07) is 5.84. The molecule has 3 heterocycles. The number of carbonyl (C=O) groups excluding carboxylic acids is 1. The van der Waals surface area contributed by atoms with Crippen molar-refractivity contribution < 1.29 is 23.7 Å². The van der Waals surface area contributed by atoms with Gasteiger partial charge in [0.05, 0.1) is 11.7 Å². The maximum atomic E-state index is 12.8. The minimum atomic E-state index is -0.226. The largest absolute Gasteiger partial charge is 0.454 e. The molecule has 1 aromatic carbocycles. The zero-order valence-corrected chi connectivity index (χ0v) is 14.7. The molecular weight excluding hydrogens is 322 g/mol. The monoisotopic (exact) mass is 347 g/mol. The average molecular weight is 347 g/mol. The zero-order chi connectivity index (χ0) is 17.3. The van der Waals surface area contributed by atoms with Crippen LogP contribution in [-0.2, 0) is 20.7 Å². The van der Waals surface area contributed by atoms with E-state index in [2.05, 4.69) is 0 Å². The lowest BCUT2D eigenvalue weighted by Gasteiger charge is -2.47. The second-order valence-electron chi connectivity index (χ2n) is 7.15. The number of morpholine rings is 1. The molecule has 1 amide bonds. The van der Waals surface area contributed by atoms with Gasteiger partial charge in [-0.15, -0.1) is 0 Å². The number of rotatable bonds is 3. The summed E-state index contributed by atoms with van der Waals surface area (Å²) in [5.74, 6) is 1.73. The number of para-hydroxylation sites is 1. The molecule has 6 heteroatoms. The van der Waals surface area contributed by atoms with Crippen molar-refractivity contribution >= 4 is 5.91 Å². The molecule has 4 rings (SSSR count). The lowest BCUT2D eigenvalue weighted by Crippen LogP contribution is -2.58. The number of hydrogen-bond donors (Lipinski definition) is 0. The van der Waals surface area contributed by atoms with E-state index < -0.39 is 0 Å². The third-order valence-corrected chi connectivity index (χ3v) is 5.25. The predicted molar refractivity (Wildman–Crippen MR) is 90.8 cm³/mol. The molecule has 1 aromatic rings. The van der Waals surface area contributed by atoms with Crippen LogP contribution >= 0.6 is 0 Å². The molecule has 3 aliphatic rings. The highest BCUT2D eigenvalue weighted by atomic mass is 16.7. The van der Waals surface area contributed by atoms with Crippen molar-refractivity contribution in [3.05, 3.63) is 23.8 Å². The molecule has 0 N–H and O–H groups in total. The van der Waals surface area contributed by atoms with Crippen LogP contribution in [0.5, 0.6) is 11.5 Å². The quantitative estimate of drug-likeness (QED) is 0.838. The maximum absolute atomic E-state index is 12.8. The lowest BCUT2D eigenvalue weighted by molar-refractivity contribution is -0.189. The van der Waals surface area contributed by atoms with Gasteiger partial charge in [-0.25, -0.2) is 0 Å². The summed E-state index contributed by atoms with van der Waals surface area (Å²) in [4.78, 5) is 14.8. The second kappa shape index (κ2) is 6.84. The van der Waals surface area contributed by atoms with Crippen LogP contribution in [0.1, 0.15) is 31.7 Å². The molecule has 25 heavy (non-hydrogen) atoms. The standard InChI is InChI=1S/C19H25NO5/c1-14-11-20(12-19(25-14)7-9-22-10-8-19)17(21)6-5-15-3-2-4-16-18(15)24-13-23-16/h2-4,14H,5-13H2,1H3. The van der Waals surface area contributed by atoms with Gasteiger partial charge >= 0.3 is 0 Å². The van der Waals surface area contributed by atoms with E-state index in [0.717, 1.165) is 29.9 Å². The molecule has 1 atom stereocenters. The Bertz CT molecular complexity index is 641. The van der Waals surface area contributed by atoms with Crippen molar-refractivity contribution in [2.45, 2.75) is 44.3 Å². The summed E-state index contributed by atoms with van der Waals surface area (Å²) in [7, 11) is 0. The molecule has 0 aliphatic carbocycles. The van der Waals surface area contributed by atoms with Gasteiger partial charge in [-0.1, -0.05) is 12.1 Å². The van der Waals surface area contributed by atoms with Gasteiger partial charge in [0.15, 0.2) is 11.5 Å². The molecule has 0 bridgehead atoms. The van der Waals surface area contributed by atoms with Gasteiger partial charge in [-0.05, 0) is 25.0 Å². The smallest absolute Gasteiger partial charge is 0.231 e. The molecule has 2 saturated heterocycles. The first kappa shape index (κ1) is 16.7. The lowest BCUT2D eigenvalue weighted by atomic mass is 9.91. The van der Waals surface area contributed by atoms with Gasteiger partial charge in [-0.3, -0.25) is 4.79 Å². The summed E-state index contributed by atoms with van der Waals surface area (Å²) in [6.45, 7) is 5.06. The third kappa shape index (κ3) is 3.46. The molecule has 0 radical (unpaired) electrons. The molecule has 1 spiro atoms. The first-order valence-electron chi connectivity index (χ1n) is 9.06. The van der Waals surface area contributed by atoms with Crippen LogP contribution in [0.2, 0.25) is 0 Å². The first-order chi connectivity index (χ1) is 12.2. The van der Waals surface area contributed by atoms with E-state index >= 15 is 0 Å². The number of fused-ring (bicyclic) bond motifs is 1. The van der Waals surface area contributed by atoms with Crippen LogP contribution in [0.25, 0.3) is 0 Å². The van der Waals surface area contributed by atoms with E-state index in [9.17, 15) is 4.79 Å². The number of benzene rings is 1. The van der Waals surface area contributed by atoms with E-state index in [1.807, 2.05) is 30.0 Å². The fraction of sp³-hybridized carbons (Fsp3) is 0.632. The molecule has 2 fully saturated rings. The van der Waals surface area contributed by atoms with E-state index in [4.69, 9.17) is 18.9 Å². The number of nitrogens with zero attached hydrogens (tertiary/aromatic N) is 1. The molecule has 136 valence electrons. The third-order valence-electron chi connectivity index (χ3n) is 5.25. The summed E-state index contributed by atoms with van der Waals surface area (Å²) in [5.41, 5.74) is 0.807. The summed E-state index contributed by atoms with van der Waals surface area (Å²) >= 11 is 0. The van der Waals surface area contributed by atoms with Gasteiger partial charge in [0.2, 0.25) is 12.7 Å². The minimum Gasteiger partial charge on any atom is -0.454 e. The number of ether oxygens (including phenoxy) is 4.